The molecule has 0 atom stereocenters. The van der Waals surface area contributed by atoms with Gasteiger partial charge < -0.3 is 10.2 Å². The molecule has 0 bridgehead atoms. The first-order valence-electron chi connectivity index (χ1n) is 7.82. The molecule has 2 rings (SSSR count). The fraction of sp³-hybridized carbons (Fsp3) is 0.333. The van der Waals surface area contributed by atoms with Gasteiger partial charge in [0.25, 0.3) is 5.91 Å². The van der Waals surface area contributed by atoms with Crippen LogP contribution < -0.4 is 5.32 Å². The molecule has 2 aromatic rings. The number of hydrogen-bond acceptors (Lipinski definition) is 3. The van der Waals surface area contributed by atoms with E-state index in [1.165, 1.54) is 0 Å². The number of rotatable bonds is 7. The Bertz CT molecular complexity index is 592. The Morgan fingerprint density at radius 2 is 1.73 bits per heavy atom. The molecule has 22 heavy (non-hydrogen) atoms. The number of pyridine rings is 1. The highest BCUT2D eigenvalue weighted by Gasteiger charge is 2.15. The molecule has 0 fully saturated rings. The minimum Gasteiger partial charge on any atom is -0.355 e. The Hall–Kier alpha value is -2.36. The van der Waals surface area contributed by atoms with Gasteiger partial charge in [0.05, 0.1) is 0 Å². The van der Waals surface area contributed by atoms with Gasteiger partial charge in [-0.1, -0.05) is 32.0 Å². The normalized spacial score (nSPS) is 10.3. The number of aromatic nitrogens is 1. The monoisotopic (exact) mass is 297 g/mol. The van der Waals surface area contributed by atoms with E-state index in [9.17, 15) is 4.79 Å². The first-order valence-corrected chi connectivity index (χ1v) is 7.82. The fourth-order valence-electron chi connectivity index (χ4n) is 2.33. The maximum absolute atomic E-state index is 12.6. The average Bonchev–Trinajstić information content (AvgIpc) is 2.55. The Kier molecular flexibility index (Phi) is 5.95. The molecule has 0 radical (unpaired) electrons. The van der Waals surface area contributed by atoms with E-state index in [4.69, 9.17) is 0 Å². The van der Waals surface area contributed by atoms with E-state index in [1.807, 2.05) is 47.4 Å². The molecule has 0 saturated heterocycles. The van der Waals surface area contributed by atoms with Gasteiger partial charge in [-0.2, -0.15) is 0 Å². The smallest absolute Gasteiger partial charge is 0.272 e. The summed E-state index contributed by atoms with van der Waals surface area (Å²) in [5.41, 5.74) is 2.35. The predicted octanol–water partition coefficient (Wildman–Crippen LogP) is 4.09. The maximum atomic E-state index is 12.6. The number of nitrogens with zero attached hydrogens (tertiary/aromatic N) is 2. The van der Waals surface area contributed by atoms with Crippen molar-refractivity contribution < 1.29 is 4.79 Å². The fourth-order valence-corrected chi connectivity index (χ4v) is 2.33. The van der Waals surface area contributed by atoms with E-state index in [0.717, 1.165) is 37.3 Å². The summed E-state index contributed by atoms with van der Waals surface area (Å²) in [7, 11) is 0. The number of anilines is 2. The third-order valence-electron chi connectivity index (χ3n) is 3.32. The molecular formula is C18H23N3O. The molecule has 4 heteroatoms. The quantitative estimate of drug-likeness (QED) is 0.837. The minimum absolute atomic E-state index is 0.000381. The molecule has 0 saturated carbocycles. The van der Waals surface area contributed by atoms with E-state index in [0.29, 0.717) is 5.69 Å². The van der Waals surface area contributed by atoms with Gasteiger partial charge in [0.15, 0.2) is 0 Å². The molecule has 0 aliphatic rings. The third kappa shape index (κ3) is 4.32. The van der Waals surface area contributed by atoms with Crippen molar-refractivity contribution in [2.45, 2.75) is 26.7 Å². The number of benzene rings is 1. The molecule has 1 N–H and O–H groups in total. The molecule has 0 aliphatic carbocycles. The topological polar surface area (TPSA) is 45.2 Å². The lowest BCUT2D eigenvalue weighted by Gasteiger charge is -2.21. The second-order valence-electron chi connectivity index (χ2n) is 5.21. The molecule has 0 aliphatic heterocycles. The van der Waals surface area contributed by atoms with Crippen molar-refractivity contribution in [1.29, 1.82) is 0 Å². The van der Waals surface area contributed by atoms with E-state index < -0.39 is 0 Å². The van der Waals surface area contributed by atoms with Crippen molar-refractivity contribution in [3.63, 3.8) is 0 Å². The van der Waals surface area contributed by atoms with Crippen molar-refractivity contribution in [3.05, 3.63) is 54.4 Å². The summed E-state index contributed by atoms with van der Waals surface area (Å²) in [6, 6.07) is 13.6. The summed E-state index contributed by atoms with van der Waals surface area (Å²) in [6.07, 6.45) is 3.58. The number of amides is 1. The van der Waals surface area contributed by atoms with Crippen molar-refractivity contribution in [2.24, 2.45) is 0 Å². The number of nitrogens with one attached hydrogen (secondary N) is 1. The lowest BCUT2D eigenvalue weighted by Crippen LogP contribution is -2.33. The highest BCUT2D eigenvalue weighted by molar-refractivity contribution is 5.93. The summed E-state index contributed by atoms with van der Waals surface area (Å²) in [5, 5.41) is 3.29. The largest absolute Gasteiger partial charge is 0.355 e. The van der Waals surface area contributed by atoms with Gasteiger partial charge in [-0.3, -0.25) is 9.78 Å². The lowest BCUT2D eigenvalue weighted by atomic mass is 10.2. The van der Waals surface area contributed by atoms with Gasteiger partial charge in [0, 0.05) is 30.7 Å². The molecule has 1 aromatic carbocycles. The summed E-state index contributed by atoms with van der Waals surface area (Å²) in [5.74, 6) is 0.000381. The molecule has 0 spiro atoms. The molecular weight excluding hydrogens is 274 g/mol. The maximum Gasteiger partial charge on any atom is 0.272 e. The van der Waals surface area contributed by atoms with Gasteiger partial charge in [-0.15, -0.1) is 0 Å². The minimum atomic E-state index is 0.000381. The second kappa shape index (κ2) is 8.17. The average molecular weight is 297 g/mol. The van der Waals surface area contributed by atoms with Crippen LogP contribution in [0.3, 0.4) is 0 Å². The number of para-hydroxylation sites is 1. The zero-order valence-electron chi connectivity index (χ0n) is 13.2. The van der Waals surface area contributed by atoms with Crippen LogP contribution >= 0.6 is 0 Å². The summed E-state index contributed by atoms with van der Waals surface area (Å²) in [6.45, 7) is 5.70. The molecule has 116 valence electrons. The van der Waals surface area contributed by atoms with Crippen LogP contribution in [0.5, 0.6) is 0 Å². The van der Waals surface area contributed by atoms with Crippen LogP contribution in [-0.4, -0.2) is 28.9 Å². The molecule has 1 heterocycles. The predicted molar refractivity (Wildman–Crippen MR) is 90.4 cm³/mol. The van der Waals surface area contributed by atoms with E-state index in [-0.39, 0.29) is 5.91 Å². The van der Waals surface area contributed by atoms with Crippen LogP contribution in [0, 0.1) is 0 Å². The van der Waals surface area contributed by atoms with Crippen molar-refractivity contribution in [1.82, 2.24) is 9.88 Å². The Balaban J connectivity index is 2.14. The Morgan fingerprint density at radius 1 is 1.05 bits per heavy atom. The number of hydrogen-bond donors (Lipinski definition) is 1. The van der Waals surface area contributed by atoms with Gasteiger partial charge in [-0.25, -0.2) is 0 Å². The molecule has 1 aromatic heterocycles. The highest BCUT2D eigenvalue weighted by Crippen LogP contribution is 2.17. The lowest BCUT2D eigenvalue weighted by molar-refractivity contribution is 0.0750. The van der Waals surface area contributed by atoms with Crippen molar-refractivity contribution in [2.75, 3.05) is 18.4 Å². The van der Waals surface area contributed by atoms with Crippen molar-refractivity contribution >= 4 is 17.3 Å². The number of carbonyl (C=O) groups excluding carboxylic acids is 1. The van der Waals surface area contributed by atoms with E-state index >= 15 is 0 Å². The van der Waals surface area contributed by atoms with Gasteiger partial charge in [-0.05, 0) is 37.1 Å². The van der Waals surface area contributed by atoms with Gasteiger partial charge in [0.2, 0.25) is 0 Å². The van der Waals surface area contributed by atoms with Crippen LogP contribution in [0.4, 0.5) is 11.4 Å². The number of carbonyl (C=O) groups is 1. The van der Waals surface area contributed by atoms with E-state index in [2.05, 4.69) is 24.1 Å². The SMILES string of the molecule is CCCN(CCC)C(=O)c1cc(Nc2ccccc2)ccn1. The van der Waals surface area contributed by atoms with Crippen LogP contribution in [0.25, 0.3) is 0 Å². The second-order valence-corrected chi connectivity index (χ2v) is 5.21. The summed E-state index contributed by atoms with van der Waals surface area (Å²) >= 11 is 0. The van der Waals surface area contributed by atoms with Crippen molar-refractivity contribution in [3.8, 4) is 0 Å². The van der Waals surface area contributed by atoms with Gasteiger partial charge >= 0.3 is 0 Å². The highest BCUT2D eigenvalue weighted by atomic mass is 16.2. The third-order valence-corrected chi connectivity index (χ3v) is 3.32. The molecule has 1 amide bonds. The van der Waals surface area contributed by atoms with Crippen LogP contribution in [-0.2, 0) is 0 Å². The first-order chi connectivity index (χ1) is 10.7. The van der Waals surface area contributed by atoms with E-state index in [1.54, 1.807) is 6.20 Å². The molecule has 0 unspecified atom stereocenters. The summed E-state index contributed by atoms with van der Waals surface area (Å²) < 4.78 is 0. The van der Waals surface area contributed by atoms with Crippen LogP contribution in [0.1, 0.15) is 37.2 Å². The Labute approximate surface area is 132 Å². The summed E-state index contributed by atoms with van der Waals surface area (Å²) in [4.78, 5) is 18.7. The zero-order chi connectivity index (χ0) is 15.8. The zero-order valence-corrected chi connectivity index (χ0v) is 13.2. The van der Waals surface area contributed by atoms with Gasteiger partial charge in [0.1, 0.15) is 5.69 Å². The van der Waals surface area contributed by atoms with Crippen LogP contribution in [0.15, 0.2) is 48.7 Å². The standard InChI is InChI=1S/C18H23N3O/c1-3-12-21(13-4-2)18(22)17-14-16(10-11-19-17)20-15-8-6-5-7-9-15/h5-11,14H,3-4,12-13H2,1-2H3,(H,19,20). The molecule has 4 nitrogen and oxygen atoms in total. The Morgan fingerprint density at radius 3 is 2.36 bits per heavy atom. The first kappa shape index (κ1) is 16.0. The van der Waals surface area contributed by atoms with Crippen LogP contribution in [0.2, 0.25) is 0 Å².